The highest BCUT2D eigenvalue weighted by molar-refractivity contribution is 7.99. The molecule has 2 N–H and O–H groups in total. The molecule has 3 heteroatoms. The van der Waals surface area contributed by atoms with E-state index in [0.29, 0.717) is 0 Å². The molecule has 0 radical (unpaired) electrons. The first-order valence-electron chi connectivity index (χ1n) is 3.36. The summed E-state index contributed by atoms with van der Waals surface area (Å²) < 4.78 is 13.0. The van der Waals surface area contributed by atoms with Crippen molar-refractivity contribution in [1.82, 2.24) is 0 Å². The lowest BCUT2D eigenvalue weighted by molar-refractivity contribution is 0.245. The Labute approximate surface area is 64.9 Å². The van der Waals surface area contributed by atoms with Crippen LogP contribution in [0.15, 0.2) is 11.6 Å². The van der Waals surface area contributed by atoms with E-state index in [1.807, 2.05) is 17.8 Å². The molecule has 1 aliphatic heterocycles. The highest BCUT2D eigenvalue weighted by Gasteiger charge is 2.23. The highest BCUT2D eigenvalue weighted by Crippen LogP contribution is 2.25. The van der Waals surface area contributed by atoms with Crippen LogP contribution in [0.3, 0.4) is 0 Å². The minimum Gasteiger partial charge on any atom is -0.296 e. The van der Waals surface area contributed by atoms with Crippen LogP contribution in [0.25, 0.3) is 0 Å². The van der Waals surface area contributed by atoms with E-state index in [1.54, 1.807) is 0 Å². The molecule has 1 rings (SSSR count). The van der Waals surface area contributed by atoms with Crippen molar-refractivity contribution in [2.24, 2.45) is 5.73 Å². The molecule has 0 saturated carbocycles. The van der Waals surface area contributed by atoms with Gasteiger partial charge in [0.2, 0.25) is 0 Å². The van der Waals surface area contributed by atoms with Gasteiger partial charge in [-0.3, -0.25) is 5.73 Å². The van der Waals surface area contributed by atoms with Gasteiger partial charge in [0, 0.05) is 5.75 Å². The van der Waals surface area contributed by atoms with Crippen LogP contribution in [0.5, 0.6) is 0 Å². The molecule has 0 spiro atoms. The van der Waals surface area contributed by atoms with Gasteiger partial charge in [0.05, 0.1) is 0 Å². The lowest BCUT2D eigenvalue weighted by Gasteiger charge is -2.21. The topological polar surface area (TPSA) is 26.0 Å². The third-order valence-electron chi connectivity index (χ3n) is 1.59. The molecular weight excluding hydrogens is 149 g/mol. The molecule has 1 aliphatic rings. The van der Waals surface area contributed by atoms with E-state index in [4.69, 9.17) is 5.73 Å². The number of thioether (sulfide) groups is 1. The van der Waals surface area contributed by atoms with Crippen molar-refractivity contribution >= 4 is 11.8 Å². The molecule has 58 valence electrons. The average Bonchev–Trinajstić information content (AvgIpc) is 1.88. The van der Waals surface area contributed by atoms with Gasteiger partial charge in [0.15, 0.2) is 5.79 Å². The van der Waals surface area contributed by atoms with Gasteiger partial charge in [0.1, 0.15) is 0 Å². The predicted molar refractivity (Wildman–Crippen MR) is 43.7 cm³/mol. The van der Waals surface area contributed by atoms with Gasteiger partial charge < -0.3 is 0 Å². The SMILES string of the molecule is CC(N)(F)C1=CCSCC1. The summed E-state index contributed by atoms with van der Waals surface area (Å²) in [5.41, 5.74) is 6.02. The Morgan fingerprint density at radius 2 is 2.50 bits per heavy atom. The zero-order valence-electron chi connectivity index (χ0n) is 6.06. The van der Waals surface area contributed by atoms with Crippen LogP contribution in [-0.2, 0) is 0 Å². The Morgan fingerprint density at radius 1 is 1.80 bits per heavy atom. The summed E-state index contributed by atoms with van der Waals surface area (Å²) in [5, 5.41) is 0. The van der Waals surface area contributed by atoms with E-state index in [-0.39, 0.29) is 0 Å². The second-order valence-corrected chi connectivity index (χ2v) is 3.78. The summed E-state index contributed by atoms with van der Waals surface area (Å²) in [6, 6.07) is 0. The molecule has 1 atom stereocenters. The Hall–Kier alpha value is -0.0200. The molecular formula is C7H12FNS. The zero-order valence-corrected chi connectivity index (χ0v) is 6.88. The van der Waals surface area contributed by atoms with Crippen molar-refractivity contribution in [1.29, 1.82) is 0 Å². The van der Waals surface area contributed by atoms with Crippen molar-refractivity contribution in [3.63, 3.8) is 0 Å². The largest absolute Gasteiger partial charge is 0.296 e. The molecule has 0 fully saturated rings. The third-order valence-corrected chi connectivity index (χ3v) is 2.49. The van der Waals surface area contributed by atoms with Crippen LogP contribution in [0.1, 0.15) is 13.3 Å². The normalized spacial score (nSPS) is 25.3. The summed E-state index contributed by atoms with van der Waals surface area (Å²) in [6.45, 7) is 1.41. The molecule has 0 aromatic heterocycles. The fraction of sp³-hybridized carbons (Fsp3) is 0.714. The lowest BCUT2D eigenvalue weighted by atomic mass is 10.0. The molecule has 0 aromatic carbocycles. The Morgan fingerprint density at radius 3 is 2.80 bits per heavy atom. The predicted octanol–water partition coefficient (Wildman–Crippen LogP) is 1.69. The first-order chi connectivity index (χ1) is 4.61. The van der Waals surface area contributed by atoms with E-state index < -0.39 is 5.79 Å². The van der Waals surface area contributed by atoms with Crippen molar-refractivity contribution in [2.45, 2.75) is 19.1 Å². The zero-order chi connectivity index (χ0) is 7.61. The number of hydrogen-bond acceptors (Lipinski definition) is 2. The molecule has 0 bridgehead atoms. The smallest absolute Gasteiger partial charge is 0.178 e. The van der Waals surface area contributed by atoms with Crippen molar-refractivity contribution in [2.75, 3.05) is 11.5 Å². The minimum atomic E-state index is -1.58. The van der Waals surface area contributed by atoms with E-state index >= 15 is 0 Å². The summed E-state index contributed by atoms with van der Waals surface area (Å²) in [4.78, 5) is 0. The quantitative estimate of drug-likeness (QED) is 0.468. The Balaban J connectivity index is 2.62. The molecule has 1 unspecified atom stereocenters. The van der Waals surface area contributed by atoms with Gasteiger partial charge in [-0.1, -0.05) is 6.08 Å². The second kappa shape index (κ2) is 2.93. The van der Waals surface area contributed by atoms with E-state index in [2.05, 4.69) is 0 Å². The fourth-order valence-corrected chi connectivity index (χ4v) is 1.82. The van der Waals surface area contributed by atoms with Gasteiger partial charge in [0.25, 0.3) is 0 Å². The maximum atomic E-state index is 13.0. The van der Waals surface area contributed by atoms with Gasteiger partial charge >= 0.3 is 0 Å². The molecule has 1 nitrogen and oxygen atoms in total. The van der Waals surface area contributed by atoms with Gasteiger partial charge in [-0.15, -0.1) is 0 Å². The first kappa shape index (κ1) is 8.08. The monoisotopic (exact) mass is 161 g/mol. The van der Waals surface area contributed by atoms with Gasteiger partial charge in [-0.2, -0.15) is 11.8 Å². The number of nitrogens with two attached hydrogens (primary N) is 1. The Kier molecular flexibility index (Phi) is 2.36. The number of rotatable bonds is 1. The van der Waals surface area contributed by atoms with Crippen LogP contribution in [0.2, 0.25) is 0 Å². The first-order valence-corrected chi connectivity index (χ1v) is 4.51. The molecule has 0 aromatic rings. The van der Waals surface area contributed by atoms with Crippen molar-refractivity contribution in [3.05, 3.63) is 11.6 Å². The van der Waals surface area contributed by atoms with Gasteiger partial charge in [-0.25, -0.2) is 4.39 Å². The number of halogens is 1. The summed E-state index contributed by atoms with van der Waals surface area (Å²) >= 11 is 1.82. The maximum Gasteiger partial charge on any atom is 0.178 e. The van der Waals surface area contributed by atoms with Crippen LogP contribution >= 0.6 is 11.8 Å². The number of hydrogen-bond donors (Lipinski definition) is 1. The number of alkyl halides is 1. The summed E-state index contributed by atoms with van der Waals surface area (Å²) in [6.07, 6.45) is 2.70. The molecule has 10 heavy (non-hydrogen) atoms. The van der Waals surface area contributed by atoms with E-state index in [1.165, 1.54) is 6.92 Å². The van der Waals surface area contributed by atoms with Gasteiger partial charge in [-0.05, 0) is 24.7 Å². The third kappa shape index (κ3) is 1.99. The fourth-order valence-electron chi connectivity index (χ4n) is 0.971. The Bertz CT molecular complexity index is 148. The molecule has 0 saturated heterocycles. The summed E-state index contributed by atoms with van der Waals surface area (Å²) in [5.74, 6) is 0.329. The standard InChI is InChI=1S/C7H12FNS/c1-7(8,9)6-2-4-10-5-3-6/h2H,3-5,9H2,1H3. The maximum absolute atomic E-state index is 13.0. The van der Waals surface area contributed by atoms with Crippen LogP contribution < -0.4 is 5.73 Å². The van der Waals surface area contributed by atoms with Crippen molar-refractivity contribution < 1.29 is 4.39 Å². The van der Waals surface area contributed by atoms with Crippen LogP contribution in [0.4, 0.5) is 4.39 Å². The van der Waals surface area contributed by atoms with Crippen LogP contribution in [0, 0.1) is 0 Å². The van der Waals surface area contributed by atoms with Crippen molar-refractivity contribution in [3.8, 4) is 0 Å². The average molecular weight is 161 g/mol. The minimum absolute atomic E-state index is 0.756. The highest BCUT2D eigenvalue weighted by atomic mass is 32.2. The second-order valence-electron chi connectivity index (χ2n) is 2.63. The molecule has 1 heterocycles. The summed E-state index contributed by atoms with van der Waals surface area (Å²) in [7, 11) is 0. The van der Waals surface area contributed by atoms with Crippen LogP contribution in [-0.4, -0.2) is 17.3 Å². The molecule has 0 aliphatic carbocycles. The lowest BCUT2D eigenvalue weighted by Crippen LogP contribution is -2.33. The van der Waals surface area contributed by atoms with E-state index in [0.717, 1.165) is 23.5 Å². The molecule has 0 amide bonds. The van der Waals surface area contributed by atoms with E-state index in [9.17, 15) is 4.39 Å².